The van der Waals surface area contributed by atoms with Crippen LogP contribution >= 0.6 is 8.86 Å². The van der Waals surface area contributed by atoms with E-state index in [-0.39, 0.29) is 37.3 Å². The molecular formula is C63H85F3N3O8P. The molecule has 0 aromatic heterocycles. The third kappa shape index (κ3) is 12.7. The Kier molecular flexibility index (Phi) is 19.3. The molecule has 3 saturated carbocycles. The molecule has 1 heterocycles. The molecule has 11 nitrogen and oxygen atoms in total. The van der Waals surface area contributed by atoms with Crippen molar-refractivity contribution in [3.8, 4) is 11.5 Å². The molecule has 3 aromatic rings. The summed E-state index contributed by atoms with van der Waals surface area (Å²) in [5.41, 5.74) is 2.93. The minimum Gasteiger partial charge on any atom is -0.497 e. The summed E-state index contributed by atoms with van der Waals surface area (Å²) < 4.78 is 68.4. The molecule has 1 N–H and O–H groups in total. The summed E-state index contributed by atoms with van der Waals surface area (Å²) >= 11 is 0. The Labute approximate surface area is 463 Å². The van der Waals surface area contributed by atoms with Gasteiger partial charge in [-0.2, -0.15) is 13.2 Å². The van der Waals surface area contributed by atoms with Crippen molar-refractivity contribution in [3.63, 3.8) is 0 Å². The van der Waals surface area contributed by atoms with Crippen LogP contribution in [-0.2, 0) is 34.3 Å². The van der Waals surface area contributed by atoms with Crippen LogP contribution in [0.2, 0.25) is 0 Å². The molecule has 3 aromatic carbocycles. The molecule has 0 bridgehead atoms. The van der Waals surface area contributed by atoms with Gasteiger partial charge in [-0.3, -0.25) is 19.2 Å². The van der Waals surface area contributed by atoms with Gasteiger partial charge in [-0.25, -0.2) is 5.06 Å². The van der Waals surface area contributed by atoms with Gasteiger partial charge in [0.05, 0.1) is 57.5 Å². The minimum absolute atomic E-state index is 0.0172. The Bertz CT molecular complexity index is 2510. The SMILES string of the molecule is CNC(=O)CCC(=P)O[C@@H]1C[C@@H](COC(c2ccccc2)(c2ccc(OC)cc2)c2ccc(OC)cc2)N(C(=O)CCON(C(=O)C(F)(F)F)C2CC[C@@]3(C)C(=CCC4C3CC[C@@]3(C)C4CC[C@@H]3[C@H](C)CCCC(C)C)C2)C1. The number of likely N-dealkylation sites (tertiary alicyclic amines) is 1. The van der Waals surface area contributed by atoms with Crippen molar-refractivity contribution in [2.45, 2.75) is 161 Å². The van der Waals surface area contributed by atoms with Gasteiger partial charge >= 0.3 is 12.1 Å². The molecule has 10 atom stereocenters. The third-order valence-corrected chi connectivity index (χ3v) is 19.5. The van der Waals surface area contributed by atoms with Gasteiger partial charge in [0.2, 0.25) is 11.8 Å². The average molecular weight is 1100 g/mol. The fraction of sp³-hybridized carbons (Fsp3) is 0.619. The second-order valence-electron chi connectivity index (χ2n) is 24.0. The van der Waals surface area contributed by atoms with Crippen molar-refractivity contribution in [1.29, 1.82) is 0 Å². The fourth-order valence-corrected chi connectivity index (χ4v) is 15.3. The maximum Gasteiger partial charge on any atom is 0.473 e. The summed E-state index contributed by atoms with van der Waals surface area (Å²) in [4.78, 5) is 47.8. The van der Waals surface area contributed by atoms with E-state index in [0.717, 1.165) is 46.9 Å². The molecule has 0 radical (unpaired) electrons. The molecule has 0 spiro atoms. The fourth-order valence-electron chi connectivity index (χ4n) is 15.0. The number of benzene rings is 3. The second kappa shape index (κ2) is 25.4. The standard InChI is InChI=1S/C63H85F3N3O8P/c1-41(2)13-12-14-42(3)53-27-28-54-52-26-21-46-37-47(31-34-60(46,4)55(52)32-35-61(53,54)5)69(59(72)63(64,65)66)76-36-33-57(71)68-39-51(77-58(78)30-29-56(70)67-6)38-48(68)40-75-62(43-15-10-9-11-16-43,44-17-22-49(73-7)23-18-44)45-19-24-50(74-8)25-20-45/h9-11,15-25,41-42,47-48,51-55,78H,12-14,26-40H2,1-8H3,(H,67,70)/t42-,47?,48+,51-,52?,53-,54?,55?,60+,61-/m1/s1. The van der Waals surface area contributed by atoms with Crippen molar-refractivity contribution < 1.29 is 51.3 Å². The van der Waals surface area contributed by atoms with Gasteiger partial charge in [-0.1, -0.05) is 129 Å². The molecule has 15 heteroatoms. The van der Waals surface area contributed by atoms with E-state index in [1.165, 1.54) is 38.5 Å². The summed E-state index contributed by atoms with van der Waals surface area (Å²) in [6, 6.07) is 23.6. The molecule has 5 aliphatic rings. The summed E-state index contributed by atoms with van der Waals surface area (Å²) in [6.45, 7) is 11.7. The highest BCUT2D eigenvalue weighted by atomic mass is 31.0. The van der Waals surface area contributed by atoms with Gasteiger partial charge in [0.1, 0.15) is 17.1 Å². The number of halogens is 3. The van der Waals surface area contributed by atoms with Gasteiger partial charge in [-0.15, -0.1) is 0 Å². The van der Waals surface area contributed by atoms with Crippen molar-refractivity contribution in [2.75, 3.05) is 41.0 Å². The van der Waals surface area contributed by atoms with Crippen molar-refractivity contribution in [1.82, 2.24) is 15.3 Å². The quantitative estimate of drug-likeness (QED) is 0.0432. The second-order valence-corrected chi connectivity index (χ2v) is 24.5. The van der Waals surface area contributed by atoms with E-state index in [9.17, 15) is 27.6 Å². The van der Waals surface area contributed by atoms with Gasteiger partial charge in [0.25, 0.3) is 0 Å². The molecule has 1 saturated heterocycles. The van der Waals surface area contributed by atoms with E-state index in [1.54, 1.807) is 26.2 Å². The summed E-state index contributed by atoms with van der Waals surface area (Å²) in [6.07, 6.45) is 8.02. The smallest absolute Gasteiger partial charge is 0.473 e. The van der Waals surface area contributed by atoms with E-state index < -0.39 is 48.4 Å². The van der Waals surface area contributed by atoms with Gasteiger partial charge < -0.3 is 29.2 Å². The number of nitrogens with zero attached hydrogens (tertiary/aromatic N) is 2. The number of allylic oxidation sites excluding steroid dienone is 1. The Hall–Kier alpha value is -4.75. The number of nitrogens with one attached hydrogen (secondary N) is 1. The number of amides is 3. The first-order valence-electron chi connectivity index (χ1n) is 28.7. The molecule has 4 unspecified atom stereocenters. The Morgan fingerprint density at radius 1 is 0.821 bits per heavy atom. The summed E-state index contributed by atoms with van der Waals surface area (Å²) in [5, 5.41) is 3.17. The van der Waals surface area contributed by atoms with Gasteiger partial charge in [0.15, 0.2) is 0 Å². The zero-order chi connectivity index (χ0) is 56.0. The summed E-state index contributed by atoms with van der Waals surface area (Å²) in [5.74, 6) is 2.47. The first-order chi connectivity index (χ1) is 37.2. The topological polar surface area (TPSA) is 116 Å². The number of methoxy groups -OCH3 is 2. The predicted octanol–water partition coefficient (Wildman–Crippen LogP) is 12.9. The Morgan fingerprint density at radius 3 is 2.09 bits per heavy atom. The zero-order valence-corrected chi connectivity index (χ0v) is 48.3. The molecule has 4 fully saturated rings. The molecule has 4 aliphatic carbocycles. The molecule has 3 amide bonds. The molecular weight excluding hydrogens is 1010 g/mol. The maximum atomic E-state index is 14.6. The largest absolute Gasteiger partial charge is 0.497 e. The normalized spacial score (nSPS) is 27.3. The van der Waals surface area contributed by atoms with Crippen LogP contribution < -0.4 is 14.8 Å². The lowest BCUT2D eigenvalue weighted by molar-refractivity contribution is -0.243. The van der Waals surface area contributed by atoms with Crippen molar-refractivity contribution >= 4 is 32.1 Å². The molecule has 78 heavy (non-hydrogen) atoms. The van der Waals surface area contributed by atoms with E-state index >= 15 is 0 Å². The highest BCUT2D eigenvalue weighted by Crippen LogP contribution is 2.67. The number of alkyl halides is 3. The maximum absolute atomic E-state index is 14.6. The first kappa shape index (κ1) is 59.4. The van der Waals surface area contributed by atoms with E-state index in [0.29, 0.717) is 83.2 Å². The van der Waals surface area contributed by atoms with Crippen LogP contribution in [0.15, 0.2) is 90.5 Å². The number of fused-ring (bicyclic) bond motifs is 5. The third-order valence-electron chi connectivity index (χ3n) is 19.1. The number of hydrogen-bond acceptors (Lipinski definition) is 8. The van der Waals surface area contributed by atoms with Crippen LogP contribution in [-0.4, -0.2) is 98.6 Å². The number of carbonyl (C=O) groups is 3. The van der Waals surface area contributed by atoms with Crippen LogP contribution in [0, 0.1) is 46.3 Å². The zero-order valence-electron chi connectivity index (χ0n) is 47.3. The Morgan fingerprint density at radius 2 is 1.47 bits per heavy atom. The summed E-state index contributed by atoms with van der Waals surface area (Å²) in [7, 11) is 8.34. The minimum atomic E-state index is -5.18. The highest BCUT2D eigenvalue weighted by Gasteiger charge is 2.60. The number of carbonyl (C=O) groups excluding carboxylic acids is 3. The monoisotopic (exact) mass is 1100 g/mol. The average Bonchev–Trinajstić information content (AvgIpc) is 4.18. The van der Waals surface area contributed by atoms with Gasteiger partial charge in [0, 0.05) is 26.4 Å². The Balaban J connectivity index is 0.998. The highest BCUT2D eigenvalue weighted by molar-refractivity contribution is 7.20. The molecule has 1 aliphatic heterocycles. The van der Waals surface area contributed by atoms with E-state index in [1.807, 2.05) is 78.9 Å². The number of hydrogen-bond donors (Lipinski definition) is 1. The van der Waals surface area contributed by atoms with E-state index in [2.05, 4.69) is 54.9 Å². The number of hydroxylamine groups is 2. The number of rotatable bonds is 23. The van der Waals surface area contributed by atoms with E-state index in [4.69, 9.17) is 23.8 Å². The van der Waals surface area contributed by atoms with Crippen molar-refractivity contribution in [2.24, 2.45) is 46.3 Å². The lowest BCUT2D eigenvalue weighted by atomic mass is 9.47. The van der Waals surface area contributed by atoms with Crippen LogP contribution in [0.1, 0.15) is 148 Å². The lowest BCUT2D eigenvalue weighted by Gasteiger charge is -2.59. The number of ether oxygens (including phenoxy) is 4. The van der Waals surface area contributed by atoms with Crippen LogP contribution in [0.25, 0.3) is 0 Å². The van der Waals surface area contributed by atoms with Gasteiger partial charge in [-0.05, 0) is 145 Å². The van der Waals surface area contributed by atoms with Crippen LogP contribution in [0.5, 0.6) is 11.5 Å². The predicted molar refractivity (Wildman–Crippen MR) is 300 cm³/mol. The molecule has 426 valence electrons. The lowest BCUT2D eigenvalue weighted by Crippen LogP contribution is -2.54. The van der Waals surface area contributed by atoms with Crippen LogP contribution in [0.3, 0.4) is 0 Å². The van der Waals surface area contributed by atoms with Crippen LogP contribution in [0.4, 0.5) is 13.2 Å². The van der Waals surface area contributed by atoms with Crippen molar-refractivity contribution in [3.05, 3.63) is 107 Å². The molecule has 8 rings (SSSR count). The first-order valence-corrected chi connectivity index (χ1v) is 29.2.